The molecule has 0 saturated heterocycles. The van der Waals surface area contributed by atoms with E-state index in [1.54, 1.807) is 11.1 Å². The Hall–Kier alpha value is -0.640. The third-order valence-electron chi connectivity index (χ3n) is 11.8. The normalized spacial score (nSPS) is 45.2. The standard InChI is InChI=1S/C30H50O3/c1-19(2)9-8-10-20(18-31)23-17-26(33)30(7)22-11-12-24-27(3,4)25(32)14-15-28(24,5)21(22)13-16-29(23,30)6/h9,20,23-26,31-33H,8,10-18H2,1-7H3/t20-,23+,24-,25-,26-,28+,29+,30+/m0/s1. The highest BCUT2D eigenvalue weighted by atomic mass is 16.3. The van der Waals surface area contributed by atoms with Crippen LogP contribution in [-0.2, 0) is 0 Å². The van der Waals surface area contributed by atoms with Crippen LogP contribution in [0.4, 0.5) is 0 Å². The lowest BCUT2D eigenvalue weighted by molar-refractivity contribution is -0.100. The van der Waals surface area contributed by atoms with E-state index in [1.807, 2.05) is 0 Å². The first-order valence-corrected chi connectivity index (χ1v) is 13.7. The molecule has 4 aliphatic carbocycles. The average Bonchev–Trinajstić information content (AvgIpc) is 2.95. The fourth-order valence-electron chi connectivity index (χ4n) is 9.48. The highest BCUT2D eigenvalue weighted by Crippen LogP contribution is 2.72. The van der Waals surface area contributed by atoms with Crippen LogP contribution in [0.2, 0.25) is 0 Å². The summed E-state index contributed by atoms with van der Waals surface area (Å²) in [6.07, 6.45) is 10.9. The number of rotatable bonds is 5. The number of aliphatic hydroxyl groups excluding tert-OH is 3. The molecule has 4 rings (SSSR count). The third kappa shape index (κ3) is 3.54. The number of allylic oxidation sites excluding steroid dienone is 3. The summed E-state index contributed by atoms with van der Waals surface area (Å²) in [4.78, 5) is 0. The summed E-state index contributed by atoms with van der Waals surface area (Å²) in [6, 6.07) is 0. The second-order valence-electron chi connectivity index (χ2n) is 13.6. The maximum atomic E-state index is 11.7. The Morgan fingerprint density at radius 3 is 2.30 bits per heavy atom. The van der Waals surface area contributed by atoms with Crippen LogP contribution in [0, 0.1) is 39.4 Å². The highest BCUT2D eigenvalue weighted by molar-refractivity contribution is 5.40. The Labute approximate surface area is 202 Å². The predicted molar refractivity (Wildman–Crippen MR) is 136 cm³/mol. The Morgan fingerprint density at radius 1 is 0.970 bits per heavy atom. The summed E-state index contributed by atoms with van der Waals surface area (Å²) < 4.78 is 0. The highest BCUT2D eigenvalue weighted by Gasteiger charge is 2.66. The molecule has 3 heteroatoms. The van der Waals surface area contributed by atoms with Gasteiger partial charge in [-0.1, -0.05) is 57.4 Å². The van der Waals surface area contributed by atoms with Crippen LogP contribution in [0.3, 0.4) is 0 Å². The molecule has 0 aromatic heterocycles. The first-order chi connectivity index (χ1) is 15.3. The van der Waals surface area contributed by atoms with Crippen molar-refractivity contribution in [3.05, 3.63) is 22.8 Å². The van der Waals surface area contributed by atoms with Crippen molar-refractivity contribution in [3.63, 3.8) is 0 Å². The van der Waals surface area contributed by atoms with Crippen molar-refractivity contribution >= 4 is 0 Å². The van der Waals surface area contributed by atoms with Gasteiger partial charge in [-0.25, -0.2) is 0 Å². The molecule has 2 saturated carbocycles. The molecule has 0 aliphatic heterocycles. The predicted octanol–water partition coefficient (Wildman–Crippen LogP) is 6.42. The van der Waals surface area contributed by atoms with Crippen LogP contribution in [0.1, 0.15) is 106 Å². The fraction of sp³-hybridized carbons (Fsp3) is 0.867. The molecule has 0 heterocycles. The summed E-state index contributed by atoms with van der Waals surface area (Å²) in [7, 11) is 0. The van der Waals surface area contributed by atoms with Crippen LogP contribution >= 0.6 is 0 Å². The molecule has 0 spiro atoms. The number of fused-ring (bicyclic) bond motifs is 4. The quantitative estimate of drug-likeness (QED) is 0.416. The van der Waals surface area contributed by atoms with Crippen molar-refractivity contribution in [1.82, 2.24) is 0 Å². The Balaban J connectivity index is 1.71. The average molecular weight is 459 g/mol. The number of hydrogen-bond acceptors (Lipinski definition) is 3. The molecule has 188 valence electrons. The Morgan fingerprint density at radius 2 is 1.67 bits per heavy atom. The number of aliphatic hydroxyl groups is 3. The minimum Gasteiger partial charge on any atom is -0.396 e. The van der Waals surface area contributed by atoms with Gasteiger partial charge >= 0.3 is 0 Å². The molecule has 0 aromatic rings. The second-order valence-corrected chi connectivity index (χ2v) is 13.6. The lowest BCUT2D eigenvalue weighted by Gasteiger charge is -2.62. The van der Waals surface area contributed by atoms with Gasteiger partial charge in [-0.3, -0.25) is 0 Å². The molecular weight excluding hydrogens is 408 g/mol. The molecule has 33 heavy (non-hydrogen) atoms. The van der Waals surface area contributed by atoms with Crippen molar-refractivity contribution in [2.75, 3.05) is 6.61 Å². The van der Waals surface area contributed by atoms with Crippen LogP contribution in [0.5, 0.6) is 0 Å². The molecule has 4 aliphatic rings. The van der Waals surface area contributed by atoms with Crippen molar-refractivity contribution in [1.29, 1.82) is 0 Å². The van der Waals surface area contributed by atoms with Gasteiger partial charge in [0.25, 0.3) is 0 Å². The lowest BCUT2D eigenvalue weighted by Crippen LogP contribution is -2.56. The first kappa shape index (κ1) is 25.5. The van der Waals surface area contributed by atoms with E-state index in [0.717, 1.165) is 57.8 Å². The molecule has 3 nitrogen and oxygen atoms in total. The van der Waals surface area contributed by atoms with E-state index in [0.29, 0.717) is 11.8 Å². The topological polar surface area (TPSA) is 60.7 Å². The zero-order chi connectivity index (χ0) is 24.4. The van der Waals surface area contributed by atoms with E-state index in [2.05, 4.69) is 54.5 Å². The van der Waals surface area contributed by atoms with Gasteiger partial charge in [-0.05, 0) is 106 Å². The monoisotopic (exact) mass is 458 g/mol. The Bertz CT molecular complexity index is 820. The van der Waals surface area contributed by atoms with Gasteiger partial charge in [-0.15, -0.1) is 0 Å². The molecule has 2 fully saturated rings. The third-order valence-corrected chi connectivity index (χ3v) is 11.8. The zero-order valence-electron chi connectivity index (χ0n) is 22.4. The van der Waals surface area contributed by atoms with Gasteiger partial charge in [0, 0.05) is 12.0 Å². The molecule has 0 bridgehead atoms. The van der Waals surface area contributed by atoms with Crippen LogP contribution in [0.15, 0.2) is 22.8 Å². The van der Waals surface area contributed by atoms with Crippen molar-refractivity contribution < 1.29 is 15.3 Å². The van der Waals surface area contributed by atoms with Gasteiger partial charge in [0.15, 0.2) is 0 Å². The molecule has 0 aromatic carbocycles. The van der Waals surface area contributed by atoms with E-state index in [9.17, 15) is 15.3 Å². The van der Waals surface area contributed by atoms with Crippen LogP contribution < -0.4 is 0 Å². The Kier molecular flexibility index (Phi) is 6.55. The summed E-state index contributed by atoms with van der Waals surface area (Å²) in [6.45, 7) is 16.3. The maximum Gasteiger partial charge on any atom is 0.0639 e. The summed E-state index contributed by atoms with van der Waals surface area (Å²) in [5, 5.41) is 32.9. The van der Waals surface area contributed by atoms with Gasteiger partial charge < -0.3 is 15.3 Å². The summed E-state index contributed by atoms with van der Waals surface area (Å²) in [5.41, 5.74) is 4.42. The van der Waals surface area contributed by atoms with Crippen LogP contribution in [0.25, 0.3) is 0 Å². The largest absolute Gasteiger partial charge is 0.396 e. The van der Waals surface area contributed by atoms with E-state index in [4.69, 9.17) is 0 Å². The van der Waals surface area contributed by atoms with Gasteiger partial charge in [0.05, 0.1) is 12.2 Å². The summed E-state index contributed by atoms with van der Waals surface area (Å²) in [5.74, 6) is 1.11. The van der Waals surface area contributed by atoms with Crippen LogP contribution in [-0.4, -0.2) is 34.1 Å². The molecule has 0 amide bonds. The molecule has 0 unspecified atom stereocenters. The smallest absolute Gasteiger partial charge is 0.0639 e. The van der Waals surface area contributed by atoms with Gasteiger partial charge in [0.1, 0.15) is 0 Å². The SMILES string of the molecule is CC(C)=CCC[C@@H](CO)[C@H]1C[C@H](O)[C@@]2(C)C3=C(CC[C@]12C)[C@@]1(C)CC[C@H](O)C(C)(C)[C@@H]1CC3. The molecule has 0 radical (unpaired) electrons. The van der Waals surface area contributed by atoms with E-state index in [-0.39, 0.29) is 46.4 Å². The number of hydrogen-bond donors (Lipinski definition) is 3. The van der Waals surface area contributed by atoms with Crippen molar-refractivity contribution in [2.45, 2.75) is 118 Å². The summed E-state index contributed by atoms with van der Waals surface area (Å²) >= 11 is 0. The van der Waals surface area contributed by atoms with Crippen molar-refractivity contribution in [3.8, 4) is 0 Å². The van der Waals surface area contributed by atoms with Crippen molar-refractivity contribution in [2.24, 2.45) is 39.4 Å². The lowest BCUT2D eigenvalue weighted by atomic mass is 9.43. The zero-order valence-corrected chi connectivity index (χ0v) is 22.4. The van der Waals surface area contributed by atoms with E-state index < -0.39 is 0 Å². The maximum absolute atomic E-state index is 11.7. The van der Waals surface area contributed by atoms with Gasteiger partial charge in [-0.2, -0.15) is 0 Å². The second kappa shape index (κ2) is 8.49. The molecule has 3 N–H and O–H groups in total. The van der Waals surface area contributed by atoms with E-state index >= 15 is 0 Å². The van der Waals surface area contributed by atoms with E-state index in [1.165, 1.54) is 5.57 Å². The van der Waals surface area contributed by atoms with Gasteiger partial charge in [0.2, 0.25) is 0 Å². The first-order valence-electron chi connectivity index (χ1n) is 13.7. The fourth-order valence-corrected chi connectivity index (χ4v) is 9.48. The minimum absolute atomic E-state index is 0.0243. The molecule has 8 atom stereocenters. The minimum atomic E-state index is -0.336. The molecular formula is C30H50O3.